The molecule has 3 N–H and O–H groups in total. The van der Waals surface area contributed by atoms with Crippen molar-refractivity contribution in [2.24, 2.45) is 5.92 Å². The van der Waals surface area contributed by atoms with Crippen LogP contribution in [0.4, 0.5) is 11.4 Å². The third kappa shape index (κ3) is 5.94. The molecule has 0 amide bonds. The van der Waals surface area contributed by atoms with E-state index in [0.717, 1.165) is 42.0 Å². The largest absolute Gasteiger partial charge is 0.397 e. The molecule has 3 nitrogen and oxygen atoms in total. The van der Waals surface area contributed by atoms with Crippen LogP contribution in [0.5, 0.6) is 0 Å². The van der Waals surface area contributed by atoms with Crippen LogP contribution < -0.4 is 11.1 Å². The van der Waals surface area contributed by atoms with E-state index in [1.165, 1.54) is 0 Å². The number of ether oxygens (including phenoxy) is 1. The van der Waals surface area contributed by atoms with Gasteiger partial charge in [0.25, 0.3) is 0 Å². The summed E-state index contributed by atoms with van der Waals surface area (Å²) >= 11 is 3.43. The molecule has 0 saturated carbocycles. The molecule has 0 saturated heterocycles. The predicted octanol–water partition coefficient (Wildman–Crippen LogP) is 3.51. The summed E-state index contributed by atoms with van der Waals surface area (Å²) in [6.45, 7) is 6.80. The Bertz CT molecular complexity index is 342. The van der Waals surface area contributed by atoms with Gasteiger partial charge in [0.05, 0.1) is 11.4 Å². The van der Waals surface area contributed by atoms with Gasteiger partial charge in [0.15, 0.2) is 0 Å². The molecule has 0 aliphatic carbocycles. The van der Waals surface area contributed by atoms with E-state index >= 15 is 0 Å². The molecule has 0 bridgehead atoms. The lowest BCUT2D eigenvalue weighted by Gasteiger charge is -2.10. The van der Waals surface area contributed by atoms with E-state index in [0.29, 0.717) is 5.92 Å². The second-order valence-electron chi connectivity index (χ2n) is 4.48. The Morgan fingerprint density at radius 2 is 2.18 bits per heavy atom. The van der Waals surface area contributed by atoms with Crippen molar-refractivity contribution in [1.29, 1.82) is 0 Å². The van der Waals surface area contributed by atoms with Crippen LogP contribution in [0.15, 0.2) is 22.7 Å². The lowest BCUT2D eigenvalue weighted by Crippen LogP contribution is -2.09. The highest BCUT2D eigenvalue weighted by Gasteiger charge is 1.99. The molecule has 0 fully saturated rings. The van der Waals surface area contributed by atoms with Crippen LogP contribution in [-0.4, -0.2) is 19.8 Å². The summed E-state index contributed by atoms with van der Waals surface area (Å²) in [7, 11) is 0. The first kappa shape index (κ1) is 14.3. The summed E-state index contributed by atoms with van der Waals surface area (Å²) in [5.41, 5.74) is 7.61. The van der Waals surface area contributed by atoms with Crippen LogP contribution in [0.25, 0.3) is 0 Å². The van der Waals surface area contributed by atoms with Gasteiger partial charge in [0.2, 0.25) is 0 Å². The number of hydrogen-bond donors (Lipinski definition) is 2. The van der Waals surface area contributed by atoms with Crippen LogP contribution in [0, 0.1) is 5.92 Å². The molecule has 0 heterocycles. The maximum atomic E-state index is 5.86. The maximum absolute atomic E-state index is 5.86. The maximum Gasteiger partial charge on any atom is 0.0585 e. The zero-order valence-corrected chi connectivity index (χ0v) is 12.1. The summed E-state index contributed by atoms with van der Waals surface area (Å²) in [5, 5.41) is 3.31. The second-order valence-corrected chi connectivity index (χ2v) is 5.40. The quantitative estimate of drug-likeness (QED) is 0.598. The molecule has 1 rings (SSSR count). The van der Waals surface area contributed by atoms with Gasteiger partial charge in [0, 0.05) is 24.2 Å². The van der Waals surface area contributed by atoms with Gasteiger partial charge >= 0.3 is 0 Å². The summed E-state index contributed by atoms with van der Waals surface area (Å²) < 4.78 is 6.54. The Morgan fingerprint density at radius 3 is 2.88 bits per heavy atom. The lowest BCUT2D eigenvalue weighted by atomic mass is 10.2. The third-order valence-electron chi connectivity index (χ3n) is 2.25. The number of benzene rings is 1. The molecule has 1 aromatic rings. The molecular weight excluding hydrogens is 280 g/mol. The van der Waals surface area contributed by atoms with Gasteiger partial charge < -0.3 is 15.8 Å². The van der Waals surface area contributed by atoms with Crippen LogP contribution in [0.2, 0.25) is 0 Å². The summed E-state index contributed by atoms with van der Waals surface area (Å²) in [6.07, 6.45) is 0.985. The van der Waals surface area contributed by atoms with E-state index in [-0.39, 0.29) is 0 Å². The van der Waals surface area contributed by atoms with Crippen molar-refractivity contribution in [2.75, 3.05) is 30.8 Å². The Morgan fingerprint density at radius 1 is 1.41 bits per heavy atom. The number of nitrogen functional groups attached to an aromatic ring is 1. The SMILES string of the molecule is CC(C)COCCCNc1cc(Br)ccc1N. The topological polar surface area (TPSA) is 47.3 Å². The molecule has 0 aromatic heterocycles. The van der Waals surface area contributed by atoms with Crippen molar-refractivity contribution in [3.63, 3.8) is 0 Å². The molecule has 96 valence electrons. The zero-order valence-electron chi connectivity index (χ0n) is 10.5. The van der Waals surface area contributed by atoms with Crippen LogP contribution in [-0.2, 0) is 4.74 Å². The first-order valence-corrected chi connectivity index (χ1v) is 6.75. The number of nitrogens with one attached hydrogen (secondary N) is 1. The Balaban J connectivity index is 2.20. The fraction of sp³-hybridized carbons (Fsp3) is 0.538. The Kier molecular flexibility index (Phi) is 6.37. The van der Waals surface area contributed by atoms with E-state index in [9.17, 15) is 0 Å². The van der Waals surface area contributed by atoms with E-state index in [1.54, 1.807) is 0 Å². The van der Waals surface area contributed by atoms with Crippen LogP contribution in [0.1, 0.15) is 20.3 Å². The highest BCUT2D eigenvalue weighted by atomic mass is 79.9. The number of halogens is 1. The van der Waals surface area contributed by atoms with E-state index in [2.05, 4.69) is 35.1 Å². The number of anilines is 2. The zero-order chi connectivity index (χ0) is 12.7. The molecule has 17 heavy (non-hydrogen) atoms. The second kappa shape index (κ2) is 7.56. The van der Waals surface area contributed by atoms with Gasteiger partial charge in [-0.15, -0.1) is 0 Å². The molecule has 4 heteroatoms. The number of hydrogen-bond acceptors (Lipinski definition) is 3. The molecule has 0 aliphatic heterocycles. The average molecular weight is 301 g/mol. The van der Waals surface area contributed by atoms with Gasteiger partial charge in [-0.2, -0.15) is 0 Å². The van der Waals surface area contributed by atoms with Crippen LogP contribution >= 0.6 is 15.9 Å². The van der Waals surface area contributed by atoms with Gasteiger partial charge in [-0.3, -0.25) is 0 Å². The highest BCUT2D eigenvalue weighted by molar-refractivity contribution is 9.10. The van der Waals surface area contributed by atoms with Gasteiger partial charge in [-0.05, 0) is 30.5 Å². The van der Waals surface area contributed by atoms with E-state index in [4.69, 9.17) is 10.5 Å². The molecule has 1 aromatic carbocycles. The van der Waals surface area contributed by atoms with E-state index in [1.807, 2.05) is 18.2 Å². The molecule has 0 atom stereocenters. The molecular formula is C13H21BrN2O. The normalized spacial score (nSPS) is 10.8. The Labute approximate surface area is 112 Å². The van der Waals surface area contributed by atoms with Crippen molar-refractivity contribution in [1.82, 2.24) is 0 Å². The standard InChI is InChI=1S/C13H21BrN2O/c1-10(2)9-17-7-3-6-16-13-8-11(14)4-5-12(13)15/h4-5,8,10,16H,3,6-7,9,15H2,1-2H3. The highest BCUT2D eigenvalue weighted by Crippen LogP contribution is 2.22. The van der Waals surface area contributed by atoms with Crippen molar-refractivity contribution >= 4 is 27.3 Å². The first-order chi connectivity index (χ1) is 8.09. The van der Waals surface area contributed by atoms with Crippen molar-refractivity contribution in [2.45, 2.75) is 20.3 Å². The fourth-order valence-corrected chi connectivity index (χ4v) is 1.76. The molecule has 0 radical (unpaired) electrons. The molecule has 0 aliphatic rings. The summed E-state index contributed by atoms with van der Waals surface area (Å²) in [5.74, 6) is 0.601. The third-order valence-corrected chi connectivity index (χ3v) is 2.74. The van der Waals surface area contributed by atoms with Crippen LogP contribution in [0.3, 0.4) is 0 Å². The monoisotopic (exact) mass is 300 g/mol. The first-order valence-electron chi connectivity index (χ1n) is 5.96. The van der Waals surface area contributed by atoms with Gasteiger partial charge in [-0.25, -0.2) is 0 Å². The van der Waals surface area contributed by atoms with Gasteiger partial charge in [0.1, 0.15) is 0 Å². The van der Waals surface area contributed by atoms with Gasteiger partial charge in [-0.1, -0.05) is 29.8 Å². The minimum Gasteiger partial charge on any atom is -0.397 e. The molecule has 0 spiro atoms. The smallest absolute Gasteiger partial charge is 0.0585 e. The van der Waals surface area contributed by atoms with Crippen molar-refractivity contribution in [3.8, 4) is 0 Å². The average Bonchev–Trinajstić information content (AvgIpc) is 2.27. The fourth-order valence-electron chi connectivity index (χ4n) is 1.40. The molecule has 0 unspecified atom stereocenters. The minimum atomic E-state index is 0.601. The van der Waals surface area contributed by atoms with Crippen molar-refractivity contribution in [3.05, 3.63) is 22.7 Å². The lowest BCUT2D eigenvalue weighted by molar-refractivity contribution is 0.110. The number of nitrogens with two attached hydrogens (primary N) is 1. The van der Waals surface area contributed by atoms with E-state index < -0.39 is 0 Å². The summed E-state index contributed by atoms with van der Waals surface area (Å²) in [4.78, 5) is 0. The number of rotatable bonds is 7. The van der Waals surface area contributed by atoms with Crippen molar-refractivity contribution < 1.29 is 4.74 Å². The Hall–Kier alpha value is -0.740. The predicted molar refractivity (Wildman–Crippen MR) is 77.3 cm³/mol. The summed E-state index contributed by atoms with van der Waals surface area (Å²) in [6, 6.07) is 5.82. The minimum absolute atomic E-state index is 0.601.